The molecule has 1 N–H and O–H groups in total. The van der Waals surface area contributed by atoms with Crippen LogP contribution in [0, 0.1) is 11.3 Å². The highest BCUT2D eigenvalue weighted by molar-refractivity contribution is 7.44. The van der Waals surface area contributed by atoms with Gasteiger partial charge in [0, 0.05) is 32.8 Å². The Hall–Kier alpha value is -5.31. The molecule has 1 aliphatic rings. The summed E-state index contributed by atoms with van der Waals surface area (Å²) in [7, 11) is -2.62. The zero-order valence-corrected chi connectivity index (χ0v) is 52.2. The molecule has 436 valence electrons. The maximum atomic E-state index is 14.3. The zero-order valence-electron chi connectivity index (χ0n) is 49.4. The molecular formula is C59H85N6O12PSi2. The molecular weight excluding hydrogens is 1070 g/mol. The van der Waals surface area contributed by atoms with Crippen molar-refractivity contribution in [2.24, 2.45) is 0 Å². The van der Waals surface area contributed by atoms with E-state index >= 15 is 0 Å². The molecule has 5 aromatic rings. The third-order valence-electron chi connectivity index (χ3n) is 14.5. The quantitative estimate of drug-likeness (QED) is 0.0114. The molecule has 0 aliphatic carbocycles. The lowest BCUT2D eigenvalue weighted by Crippen LogP contribution is -2.51. The first-order valence-corrected chi connectivity index (χ1v) is 35.3. The summed E-state index contributed by atoms with van der Waals surface area (Å²) in [6.45, 7) is 26.6. The molecule has 0 spiro atoms. The summed E-state index contributed by atoms with van der Waals surface area (Å²) >= 11 is 0. The van der Waals surface area contributed by atoms with Crippen LogP contribution in [0.2, 0.25) is 43.8 Å². The molecule has 1 amide bonds. The van der Waals surface area contributed by atoms with Crippen LogP contribution in [0.4, 0.5) is 0 Å². The molecule has 6 rings (SSSR count). The number of methoxy groups -OCH3 is 2. The number of esters is 1. The summed E-state index contributed by atoms with van der Waals surface area (Å²) in [5, 5.41) is 12.4. The lowest BCUT2D eigenvalue weighted by atomic mass is 9.80. The molecule has 18 nitrogen and oxygen atoms in total. The largest absolute Gasteiger partial charge is 0.497 e. The molecule has 0 bridgehead atoms. The number of carbonyl (C=O) groups is 2. The van der Waals surface area contributed by atoms with E-state index in [9.17, 15) is 19.6 Å². The van der Waals surface area contributed by atoms with E-state index in [1.165, 1.54) is 10.9 Å². The van der Waals surface area contributed by atoms with E-state index in [1.807, 2.05) is 71.3 Å². The number of nitrogens with one attached hydrogen (secondary N) is 1. The second-order valence-corrected chi connectivity index (χ2v) is 35.0. The maximum Gasteiger partial charge on any atom is 0.306 e. The van der Waals surface area contributed by atoms with Crippen molar-refractivity contribution in [2.75, 3.05) is 47.4 Å². The van der Waals surface area contributed by atoms with Crippen LogP contribution in [-0.2, 0) is 54.2 Å². The summed E-state index contributed by atoms with van der Waals surface area (Å²) in [6.07, 6.45) is 0.0128. The van der Waals surface area contributed by atoms with E-state index in [2.05, 4.69) is 109 Å². The summed E-state index contributed by atoms with van der Waals surface area (Å²) in [4.78, 5) is 43.9. The fourth-order valence-electron chi connectivity index (χ4n) is 9.17. The van der Waals surface area contributed by atoms with Crippen molar-refractivity contribution in [3.05, 3.63) is 124 Å². The third kappa shape index (κ3) is 16.2. The summed E-state index contributed by atoms with van der Waals surface area (Å²) < 4.78 is 64.3. The first-order chi connectivity index (χ1) is 37.9. The fraction of sp³-hybridized carbons (Fsp3) is 0.542. The van der Waals surface area contributed by atoms with Gasteiger partial charge in [-0.3, -0.25) is 19.0 Å². The predicted octanol–water partition coefficient (Wildman–Crippen LogP) is 10.9. The topological polar surface area (TPSA) is 196 Å². The number of fused-ring (bicyclic) bond motifs is 1. The van der Waals surface area contributed by atoms with E-state index < -0.39 is 61.0 Å². The van der Waals surface area contributed by atoms with Gasteiger partial charge in [0.2, 0.25) is 5.91 Å². The Morgan fingerprint density at radius 3 is 2.01 bits per heavy atom. The molecule has 1 saturated heterocycles. The Kier molecular flexibility index (Phi) is 22.8. The van der Waals surface area contributed by atoms with E-state index in [4.69, 9.17) is 46.9 Å². The van der Waals surface area contributed by atoms with Gasteiger partial charge < -0.3 is 51.8 Å². The number of hydrogen-bond acceptors (Lipinski definition) is 15. The molecule has 80 heavy (non-hydrogen) atoms. The number of aromatic nitrogens is 3. The van der Waals surface area contributed by atoms with Crippen molar-refractivity contribution < 1.29 is 51.5 Å². The lowest BCUT2D eigenvalue weighted by molar-refractivity contribution is -0.144. The molecule has 0 radical (unpaired) electrons. The van der Waals surface area contributed by atoms with Gasteiger partial charge in [0.15, 0.2) is 14.5 Å². The van der Waals surface area contributed by atoms with Crippen molar-refractivity contribution in [3.8, 4) is 17.6 Å². The van der Waals surface area contributed by atoms with Gasteiger partial charge in [0.25, 0.3) is 14.1 Å². The summed E-state index contributed by atoms with van der Waals surface area (Å²) in [6, 6.07) is 30.5. The smallest absolute Gasteiger partial charge is 0.306 e. The van der Waals surface area contributed by atoms with Gasteiger partial charge in [0.1, 0.15) is 47.8 Å². The Labute approximate surface area is 476 Å². The number of carbonyl (C=O) groups excluding carboxylic acids is 2. The van der Waals surface area contributed by atoms with Gasteiger partial charge in [-0.1, -0.05) is 95.0 Å². The van der Waals surface area contributed by atoms with Crippen molar-refractivity contribution in [2.45, 2.75) is 160 Å². The predicted molar refractivity (Wildman–Crippen MR) is 316 cm³/mol. The van der Waals surface area contributed by atoms with Crippen molar-refractivity contribution >= 4 is 47.8 Å². The Balaban J connectivity index is 1.38. The summed E-state index contributed by atoms with van der Waals surface area (Å²) in [5.74, 6) is 0.630. The van der Waals surface area contributed by atoms with Gasteiger partial charge in [0.05, 0.1) is 77.8 Å². The highest BCUT2D eigenvalue weighted by Gasteiger charge is 2.54. The molecule has 5 atom stereocenters. The Morgan fingerprint density at radius 2 is 1.45 bits per heavy atom. The zero-order chi connectivity index (χ0) is 58.4. The minimum atomic E-state index is -2.69. The summed E-state index contributed by atoms with van der Waals surface area (Å²) in [5.41, 5.74) is 1.39. The van der Waals surface area contributed by atoms with Crippen molar-refractivity contribution in [3.63, 3.8) is 0 Å². The number of nitrogens with zero attached hydrogens (tertiary/aromatic N) is 5. The van der Waals surface area contributed by atoms with Gasteiger partial charge in [-0.15, -0.1) is 0 Å². The van der Waals surface area contributed by atoms with Gasteiger partial charge in [-0.25, -0.2) is 9.65 Å². The molecule has 3 heterocycles. The minimum Gasteiger partial charge on any atom is -0.497 e. The van der Waals surface area contributed by atoms with Crippen LogP contribution in [-0.4, -0.2) is 125 Å². The minimum absolute atomic E-state index is 0.000852. The number of hydrogen-bond donors (Lipinski definition) is 1. The number of benzene rings is 3. The van der Waals surface area contributed by atoms with E-state index in [0.29, 0.717) is 29.1 Å². The number of amides is 1. The Morgan fingerprint density at radius 1 is 0.838 bits per heavy atom. The number of nitriles is 1. The van der Waals surface area contributed by atoms with Crippen LogP contribution in [0.5, 0.6) is 11.5 Å². The molecule has 3 aromatic carbocycles. The number of ether oxygens (including phenoxy) is 6. The van der Waals surface area contributed by atoms with Crippen LogP contribution in [0.15, 0.2) is 102 Å². The van der Waals surface area contributed by atoms with Crippen LogP contribution in [0.25, 0.3) is 11.0 Å². The van der Waals surface area contributed by atoms with Crippen LogP contribution < -0.4 is 20.3 Å². The van der Waals surface area contributed by atoms with Gasteiger partial charge >= 0.3 is 5.97 Å². The van der Waals surface area contributed by atoms with Crippen LogP contribution in [0.3, 0.4) is 0 Å². The lowest BCUT2D eigenvalue weighted by Gasteiger charge is -2.43. The molecule has 1 unspecified atom stereocenters. The van der Waals surface area contributed by atoms with Crippen LogP contribution in [0.1, 0.15) is 90.6 Å². The number of rotatable bonds is 30. The van der Waals surface area contributed by atoms with E-state index in [-0.39, 0.29) is 80.9 Å². The first kappa shape index (κ1) is 63.9. The first-order valence-electron chi connectivity index (χ1n) is 27.6. The molecule has 0 saturated carbocycles. The Bertz CT molecular complexity index is 2810. The van der Waals surface area contributed by atoms with Crippen molar-refractivity contribution in [1.29, 1.82) is 5.26 Å². The second kappa shape index (κ2) is 28.6. The van der Waals surface area contributed by atoms with Gasteiger partial charge in [-0.05, 0) is 98.9 Å². The average molecular weight is 1160 g/mol. The van der Waals surface area contributed by atoms with E-state index in [1.54, 1.807) is 26.5 Å². The fourth-order valence-corrected chi connectivity index (χ4v) is 12.9. The van der Waals surface area contributed by atoms with E-state index in [0.717, 1.165) is 22.7 Å². The molecule has 21 heteroatoms. The average Bonchev–Trinajstić information content (AvgIpc) is 4.19. The standard InChI is InChI=1S/C59H85N6O12PSi2/c1-42(2)65(43(3)4)78(74-35-18-32-60)76-54-53(77-80(13,14)58(5,6)7)50(39-73-59(44-19-16-15-17-20-44,45-21-25-47(69-8)26-22-45)46-23-27-48(70-9)28-24-46)75-57(54)64-33-31-49-55(64)61-40-63(56(49)68)34-36-71-41-62-51(66)29-30-52(67)72-37-38-79(10,11)12/h15-17,19-28,31,33,40,42-43,50,53-54,57H,18,29-30,34-39,41H2,1-14H3,(H,62,66)/t50-,53-,54-,57-,78?/m1/s1. The highest BCUT2D eigenvalue weighted by Crippen LogP contribution is 2.53. The monoisotopic (exact) mass is 1160 g/mol. The third-order valence-corrected chi connectivity index (χ3v) is 22.8. The van der Waals surface area contributed by atoms with Crippen molar-refractivity contribution in [1.82, 2.24) is 24.1 Å². The maximum absolute atomic E-state index is 14.3. The molecule has 1 fully saturated rings. The van der Waals surface area contributed by atoms with Crippen LogP contribution >= 0.6 is 8.53 Å². The molecule has 1 aliphatic heterocycles. The highest BCUT2D eigenvalue weighted by atomic mass is 31.2. The van der Waals surface area contributed by atoms with Gasteiger partial charge in [-0.2, -0.15) is 5.26 Å². The normalized spacial score (nSPS) is 17.5. The SMILES string of the molecule is COc1ccc(C(OC[C@H]2O[C@@H](n3ccc4c(=O)n(CCOCNC(=O)CCC(=O)OCC[Si](C)(C)C)cnc43)[C@H](OP(OCCC#N)N(C(C)C)C(C)C)[C@@H]2O[Si](C)(C)C(C)(C)C)(c2ccccc2)c2ccc(OC)cc2)cc1. The second-order valence-electron chi connectivity index (χ2n) is 23.2. The molecule has 2 aromatic heterocycles.